The minimum atomic E-state index is 0.745. The fourth-order valence-electron chi connectivity index (χ4n) is 2.41. The predicted molar refractivity (Wildman–Crippen MR) is 91.0 cm³/mol. The molecule has 2 aromatic heterocycles. The number of nitrogens with one attached hydrogen (secondary N) is 2. The van der Waals surface area contributed by atoms with Gasteiger partial charge in [0, 0.05) is 29.9 Å². The third-order valence-corrected chi connectivity index (χ3v) is 3.53. The molecule has 0 saturated carbocycles. The van der Waals surface area contributed by atoms with Crippen molar-refractivity contribution in [3.05, 3.63) is 42.7 Å². The number of rotatable bonds is 6. The number of fused-ring (bicyclic) bond motifs is 1. The highest BCUT2D eigenvalue weighted by atomic mass is 15.1. The molecule has 0 amide bonds. The monoisotopic (exact) mass is 295 g/mol. The lowest BCUT2D eigenvalue weighted by Crippen LogP contribution is -2.16. The second-order valence-electron chi connectivity index (χ2n) is 5.60. The van der Waals surface area contributed by atoms with E-state index in [1.54, 1.807) is 0 Å². The highest BCUT2D eigenvalue weighted by molar-refractivity contribution is 5.90. The van der Waals surface area contributed by atoms with Crippen LogP contribution in [0, 0.1) is 0 Å². The fraction of sp³-hybridized carbons (Fsp3) is 0.294. The van der Waals surface area contributed by atoms with Crippen LogP contribution in [0.25, 0.3) is 22.3 Å². The molecule has 0 spiro atoms. The molecule has 3 rings (SSSR count). The zero-order chi connectivity index (χ0) is 15.4. The molecule has 0 aliphatic heterocycles. The lowest BCUT2D eigenvalue weighted by molar-refractivity contribution is 0.405. The molecular formula is C17H21N5. The van der Waals surface area contributed by atoms with Gasteiger partial charge in [-0.1, -0.05) is 12.1 Å². The molecular weight excluding hydrogens is 274 g/mol. The zero-order valence-corrected chi connectivity index (χ0v) is 13.0. The molecule has 0 aliphatic carbocycles. The molecule has 0 aliphatic rings. The minimum Gasteiger partial charge on any atom is -0.369 e. The van der Waals surface area contributed by atoms with E-state index in [1.807, 2.05) is 36.7 Å². The summed E-state index contributed by atoms with van der Waals surface area (Å²) in [6.45, 7) is 1.95. The highest BCUT2D eigenvalue weighted by Gasteiger charge is 2.09. The van der Waals surface area contributed by atoms with Crippen molar-refractivity contribution in [2.45, 2.75) is 6.42 Å². The number of hydrogen-bond acceptors (Lipinski definition) is 4. The summed E-state index contributed by atoms with van der Waals surface area (Å²) in [5, 5.41) is 4.52. The fourth-order valence-corrected chi connectivity index (χ4v) is 2.41. The van der Waals surface area contributed by atoms with Gasteiger partial charge in [-0.3, -0.25) is 0 Å². The normalized spacial score (nSPS) is 11.2. The third kappa shape index (κ3) is 3.26. The minimum absolute atomic E-state index is 0.745. The zero-order valence-electron chi connectivity index (χ0n) is 13.0. The Balaban J connectivity index is 1.89. The van der Waals surface area contributed by atoms with Gasteiger partial charge in [-0.25, -0.2) is 9.97 Å². The summed E-state index contributed by atoms with van der Waals surface area (Å²) < 4.78 is 0. The summed E-state index contributed by atoms with van der Waals surface area (Å²) in [5.41, 5.74) is 1.96. The van der Waals surface area contributed by atoms with Crippen LogP contribution in [0.15, 0.2) is 42.7 Å². The molecule has 2 N–H and O–H groups in total. The van der Waals surface area contributed by atoms with E-state index < -0.39 is 0 Å². The van der Waals surface area contributed by atoms with Crippen LogP contribution in [0.1, 0.15) is 6.42 Å². The average molecular weight is 295 g/mol. The van der Waals surface area contributed by atoms with Gasteiger partial charge < -0.3 is 15.2 Å². The van der Waals surface area contributed by atoms with E-state index in [1.165, 1.54) is 0 Å². The topological polar surface area (TPSA) is 56.8 Å². The average Bonchev–Trinajstić information content (AvgIpc) is 3.05. The number of H-pyrrole nitrogens is 1. The van der Waals surface area contributed by atoms with Crippen LogP contribution in [0.2, 0.25) is 0 Å². The number of anilines is 1. The summed E-state index contributed by atoms with van der Waals surface area (Å²) in [6.07, 6.45) is 4.88. The summed E-state index contributed by atoms with van der Waals surface area (Å²) in [6, 6.07) is 10.1. The second kappa shape index (κ2) is 6.58. The van der Waals surface area contributed by atoms with Crippen LogP contribution in [0.3, 0.4) is 0 Å². The first kappa shape index (κ1) is 14.5. The first-order valence-electron chi connectivity index (χ1n) is 7.52. The first-order chi connectivity index (χ1) is 10.7. The third-order valence-electron chi connectivity index (χ3n) is 3.53. The van der Waals surface area contributed by atoms with Crippen LogP contribution in [-0.2, 0) is 0 Å². The molecule has 3 aromatic rings. The Kier molecular flexibility index (Phi) is 4.34. The molecule has 0 fully saturated rings. The van der Waals surface area contributed by atoms with E-state index in [-0.39, 0.29) is 0 Å². The van der Waals surface area contributed by atoms with Crippen LogP contribution >= 0.6 is 0 Å². The van der Waals surface area contributed by atoms with Crippen molar-refractivity contribution in [3.63, 3.8) is 0 Å². The van der Waals surface area contributed by atoms with E-state index in [9.17, 15) is 0 Å². The number of aromatic nitrogens is 3. The molecule has 5 nitrogen and oxygen atoms in total. The van der Waals surface area contributed by atoms with Crippen LogP contribution < -0.4 is 5.32 Å². The lowest BCUT2D eigenvalue weighted by atomic mass is 10.2. The maximum atomic E-state index is 4.70. The van der Waals surface area contributed by atoms with Gasteiger partial charge in [-0.05, 0) is 45.3 Å². The van der Waals surface area contributed by atoms with Crippen molar-refractivity contribution in [1.82, 2.24) is 19.9 Å². The molecule has 0 atom stereocenters. The molecule has 0 unspecified atom stereocenters. The standard InChI is InChI=1S/C17H21N5/c1-22(2)11-5-9-19-17-14-6-3-4-7-15(14)20-16(21-17)13-8-10-18-12-13/h3-4,6-8,10,12,18H,5,9,11H2,1-2H3,(H,19,20,21). The number of benzene rings is 1. The Hall–Kier alpha value is -2.40. The number of aromatic amines is 1. The van der Waals surface area contributed by atoms with Gasteiger partial charge in [0.2, 0.25) is 0 Å². The summed E-state index contributed by atoms with van der Waals surface area (Å²) in [4.78, 5) is 14.6. The van der Waals surface area contributed by atoms with E-state index in [0.717, 1.165) is 47.6 Å². The van der Waals surface area contributed by atoms with Crippen LogP contribution in [0.4, 0.5) is 5.82 Å². The molecule has 0 bridgehead atoms. The van der Waals surface area contributed by atoms with Gasteiger partial charge in [0.25, 0.3) is 0 Å². The maximum absolute atomic E-state index is 4.70. The van der Waals surface area contributed by atoms with Crippen LogP contribution in [0.5, 0.6) is 0 Å². The molecule has 1 aromatic carbocycles. The van der Waals surface area contributed by atoms with Gasteiger partial charge in [-0.2, -0.15) is 0 Å². The SMILES string of the molecule is CN(C)CCCNc1nc(-c2cc[nH]c2)nc2ccccc12. The summed E-state index contributed by atoms with van der Waals surface area (Å²) in [5.74, 6) is 1.65. The van der Waals surface area contributed by atoms with Crippen molar-refractivity contribution in [1.29, 1.82) is 0 Å². The summed E-state index contributed by atoms with van der Waals surface area (Å²) in [7, 11) is 4.17. The van der Waals surface area contributed by atoms with Crippen LogP contribution in [-0.4, -0.2) is 47.0 Å². The number of hydrogen-bond donors (Lipinski definition) is 2. The van der Waals surface area contributed by atoms with Crippen molar-refractivity contribution in [2.24, 2.45) is 0 Å². The molecule has 0 radical (unpaired) electrons. The van der Waals surface area contributed by atoms with Crippen molar-refractivity contribution in [2.75, 3.05) is 32.5 Å². The molecule has 2 heterocycles. The molecule has 22 heavy (non-hydrogen) atoms. The Morgan fingerprint density at radius 1 is 1.14 bits per heavy atom. The van der Waals surface area contributed by atoms with Gasteiger partial charge >= 0.3 is 0 Å². The maximum Gasteiger partial charge on any atom is 0.163 e. The van der Waals surface area contributed by atoms with Crippen molar-refractivity contribution >= 4 is 16.7 Å². The number of para-hydroxylation sites is 1. The lowest BCUT2D eigenvalue weighted by Gasteiger charge is -2.12. The van der Waals surface area contributed by atoms with Crippen molar-refractivity contribution < 1.29 is 0 Å². The van der Waals surface area contributed by atoms with E-state index in [0.29, 0.717) is 0 Å². The summed E-state index contributed by atoms with van der Waals surface area (Å²) >= 11 is 0. The Bertz CT molecular complexity index is 734. The van der Waals surface area contributed by atoms with Gasteiger partial charge in [0.05, 0.1) is 5.52 Å². The highest BCUT2D eigenvalue weighted by Crippen LogP contribution is 2.24. The molecule has 5 heteroatoms. The van der Waals surface area contributed by atoms with Gasteiger partial charge in [0.15, 0.2) is 5.82 Å². The Morgan fingerprint density at radius 2 is 2.00 bits per heavy atom. The largest absolute Gasteiger partial charge is 0.369 e. The van der Waals surface area contributed by atoms with Crippen molar-refractivity contribution in [3.8, 4) is 11.4 Å². The molecule has 114 valence electrons. The number of nitrogens with zero attached hydrogens (tertiary/aromatic N) is 3. The Morgan fingerprint density at radius 3 is 2.77 bits per heavy atom. The van der Waals surface area contributed by atoms with E-state index >= 15 is 0 Å². The van der Waals surface area contributed by atoms with E-state index in [2.05, 4.69) is 40.3 Å². The van der Waals surface area contributed by atoms with Gasteiger partial charge in [0.1, 0.15) is 5.82 Å². The van der Waals surface area contributed by atoms with Gasteiger partial charge in [-0.15, -0.1) is 0 Å². The predicted octanol–water partition coefficient (Wildman–Crippen LogP) is 2.99. The quantitative estimate of drug-likeness (QED) is 0.686. The smallest absolute Gasteiger partial charge is 0.163 e. The molecule has 0 saturated heterocycles. The van der Waals surface area contributed by atoms with E-state index in [4.69, 9.17) is 4.98 Å². The Labute approximate surface area is 130 Å². The first-order valence-corrected chi connectivity index (χ1v) is 7.52. The second-order valence-corrected chi connectivity index (χ2v) is 5.60.